The van der Waals surface area contributed by atoms with Crippen molar-refractivity contribution in [2.24, 2.45) is 0 Å². The van der Waals surface area contributed by atoms with E-state index in [-0.39, 0.29) is 23.0 Å². The third kappa shape index (κ3) is 3.68. The molecular weight excluding hydrogens is 389 g/mol. The zero-order chi connectivity index (χ0) is 19.3. The van der Waals surface area contributed by atoms with Gasteiger partial charge in [0.1, 0.15) is 10.8 Å². The van der Waals surface area contributed by atoms with Crippen LogP contribution in [0.3, 0.4) is 0 Å². The van der Waals surface area contributed by atoms with E-state index in [9.17, 15) is 18.0 Å². The molecule has 5 nitrogen and oxygen atoms in total. The molecule has 0 unspecified atom stereocenters. The highest BCUT2D eigenvalue weighted by atomic mass is 35.5. The summed E-state index contributed by atoms with van der Waals surface area (Å²) >= 11 is 7.60. The summed E-state index contributed by atoms with van der Waals surface area (Å²) in [5.74, 6) is -0.600. The maximum absolute atomic E-state index is 13.6. The van der Waals surface area contributed by atoms with E-state index in [0.717, 1.165) is 9.56 Å². The van der Waals surface area contributed by atoms with Gasteiger partial charge in [-0.2, -0.15) is 18.3 Å². The Balaban J connectivity index is 2.03. The maximum atomic E-state index is 13.6. The SMILES string of the molecule is CC(C)(C)NC(=O)c1nn2c(c1Cl)N[C@@H](c1cccs1)C[C@H]2C(F)(F)F. The number of amides is 1. The largest absolute Gasteiger partial charge is 0.410 e. The highest BCUT2D eigenvalue weighted by Crippen LogP contribution is 2.46. The van der Waals surface area contributed by atoms with Crippen molar-refractivity contribution in [3.8, 4) is 0 Å². The summed E-state index contributed by atoms with van der Waals surface area (Å²) in [7, 11) is 0. The second kappa shape index (κ2) is 6.45. The van der Waals surface area contributed by atoms with Gasteiger partial charge in [0.05, 0.1) is 6.04 Å². The summed E-state index contributed by atoms with van der Waals surface area (Å²) in [6.07, 6.45) is -4.74. The normalized spacial score (nSPS) is 20.4. The van der Waals surface area contributed by atoms with Crippen molar-refractivity contribution < 1.29 is 18.0 Å². The Morgan fingerprint density at radius 1 is 1.42 bits per heavy atom. The quantitative estimate of drug-likeness (QED) is 0.754. The van der Waals surface area contributed by atoms with E-state index in [4.69, 9.17) is 11.6 Å². The van der Waals surface area contributed by atoms with E-state index in [2.05, 4.69) is 15.7 Å². The van der Waals surface area contributed by atoms with Crippen molar-refractivity contribution in [1.29, 1.82) is 0 Å². The first-order chi connectivity index (χ1) is 12.0. The lowest BCUT2D eigenvalue weighted by Gasteiger charge is -2.32. The highest BCUT2D eigenvalue weighted by molar-refractivity contribution is 7.10. The van der Waals surface area contributed by atoms with Gasteiger partial charge < -0.3 is 10.6 Å². The standard InChI is InChI=1S/C16H18ClF3N4OS/c1-15(2,3)22-14(25)12-11(17)13-21-8(9-5-4-6-26-9)7-10(16(18,19)20)24(13)23-12/h4-6,8,10,21H,7H2,1-3H3,(H,22,25)/t8-,10+/m1/s1. The Labute approximate surface area is 157 Å². The molecule has 10 heteroatoms. The average molecular weight is 407 g/mol. The molecule has 1 aliphatic heterocycles. The number of anilines is 1. The number of fused-ring (bicyclic) bond motifs is 1. The molecule has 26 heavy (non-hydrogen) atoms. The molecule has 2 aromatic heterocycles. The molecule has 0 spiro atoms. The van der Waals surface area contributed by atoms with Gasteiger partial charge >= 0.3 is 6.18 Å². The van der Waals surface area contributed by atoms with Gasteiger partial charge in [0.25, 0.3) is 5.91 Å². The summed E-state index contributed by atoms with van der Waals surface area (Å²) in [6.45, 7) is 5.29. The van der Waals surface area contributed by atoms with E-state index in [0.29, 0.717) is 0 Å². The molecule has 3 rings (SSSR count). The van der Waals surface area contributed by atoms with Gasteiger partial charge in [0.2, 0.25) is 0 Å². The van der Waals surface area contributed by atoms with Crippen LogP contribution in [0.25, 0.3) is 0 Å². The minimum absolute atomic E-state index is 0.0118. The Hall–Kier alpha value is -1.74. The van der Waals surface area contributed by atoms with Gasteiger partial charge in [-0.15, -0.1) is 11.3 Å². The molecular formula is C16H18ClF3N4OS. The van der Waals surface area contributed by atoms with E-state index < -0.39 is 29.7 Å². The van der Waals surface area contributed by atoms with Crippen LogP contribution in [0.2, 0.25) is 5.02 Å². The van der Waals surface area contributed by atoms with E-state index >= 15 is 0 Å². The lowest BCUT2D eigenvalue weighted by Crippen LogP contribution is -2.41. The smallest absolute Gasteiger partial charge is 0.361 e. The van der Waals surface area contributed by atoms with Crippen LogP contribution in [0.4, 0.5) is 19.0 Å². The first-order valence-electron chi connectivity index (χ1n) is 7.94. The molecule has 142 valence electrons. The van der Waals surface area contributed by atoms with Crippen molar-refractivity contribution >= 4 is 34.7 Å². The average Bonchev–Trinajstić information content (AvgIpc) is 3.12. The number of hydrogen-bond donors (Lipinski definition) is 2. The molecule has 1 aliphatic rings. The Morgan fingerprint density at radius 3 is 2.65 bits per heavy atom. The summed E-state index contributed by atoms with van der Waals surface area (Å²) in [4.78, 5) is 13.2. The first-order valence-corrected chi connectivity index (χ1v) is 9.20. The molecule has 3 heterocycles. The highest BCUT2D eigenvalue weighted by Gasteiger charge is 2.48. The predicted octanol–water partition coefficient (Wildman–Crippen LogP) is 4.79. The van der Waals surface area contributed by atoms with Gasteiger partial charge in [-0.3, -0.25) is 4.79 Å². The summed E-state index contributed by atoms with van der Waals surface area (Å²) in [5, 5.41) is 11.3. The fourth-order valence-electron chi connectivity index (χ4n) is 2.81. The van der Waals surface area contributed by atoms with E-state index in [1.165, 1.54) is 11.3 Å². The topological polar surface area (TPSA) is 59.0 Å². The zero-order valence-corrected chi connectivity index (χ0v) is 15.9. The minimum Gasteiger partial charge on any atom is -0.361 e. The molecule has 1 amide bonds. The van der Waals surface area contributed by atoms with Crippen LogP contribution in [0.1, 0.15) is 54.6 Å². The van der Waals surface area contributed by atoms with Crippen LogP contribution in [-0.4, -0.2) is 27.4 Å². The van der Waals surface area contributed by atoms with E-state index in [1.807, 2.05) is 0 Å². The maximum Gasteiger partial charge on any atom is 0.410 e. The lowest BCUT2D eigenvalue weighted by molar-refractivity contribution is -0.173. The van der Waals surface area contributed by atoms with Crippen LogP contribution in [0.15, 0.2) is 17.5 Å². The van der Waals surface area contributed by atoms with Crippen molar-refractivity contribution in [3.63, 3.8) is 0 Å². The molecule has 0 aromatic carbocycles. The number of thiophene rings is 1. The number of hydrogen-bond acceptors (Lipinski definition) is 4. The lowest BCUT2D eigenvalue weighted by atomic mass is 10.0. The van der Waals surface area contributed by atoms with Gasteiger partial charge in [-0.1, -0.05) is 17.7 Å². The molecule has 2 N–H and O–H groups in total. The zero-order valence-electron chi connectivity index (χ0n) is 14.3. The van der Waals surface area contributed by atoms with Crippen LogP contribution >= 0.6 is 22.9 Å². The minimum atomic E-state index is -4.51. The summed E-state index contributed by atoms with van der Waals surface area (Å²) in [6, 6.07) is 1.13. The second-order valence-corrected chi connectivity index (χ2v) is 8.52. The predicted molar refractivity (Wildman–Crippen MR) is 94.8 cm³/mol. The first kappa shape index (κ1) is 19.0. The third-order valence-electron chi connectivity index (χ3n) is 3.89. The number of nitrogens with zero attached hydrogens (tertiary/aromatic N) is 2. The Morgan fingerprint density at radius 2 is 2.12 bits per heavy atom. The fourth-order valence-corrected chi connectivity index (χ4v) is 3.87. The molecule has 2 aromatic rings. The fraction of sp³-hybridized carbons (Fsp3) is 0.500. The van der Waals surface area contributed by atoms with E-state index in [1.54, 1.807) is 38.3 Å². The van der Waals surface area contributed by atoms with Gasteiger partial charge in [0, 0.05) is 16.8 Å². The number of alkyl halides is 3. The molecule has 2 atom stereocenters. The van der Waals surface area contributed by atoms with Crippen LogP contribution in [-0.2, 0) is 0 Å². The molecule has 0 bridgehead atoms. The number of nitrogens with one attached hydrogen (secondary N) is 2. The van der Waals surface area contributed by atoms with Crippen LogP contribution in [0, 0.1) is 0 Å². The molecule has 0 saturated carbocycles. The molecule has 0 fully saturated rings. The van der Waals surface area contributed by atoms with Crippen molar-refractivity contribution in [1.82, 2.24) is 15.1 Å². The third-order valence-corrected chi connectivity index (χ3v) is 5.23. The molecule has 0 aliphatic carbocycles. The monoisotopic (exact) mass is 406 g/mol. The van der Waals surface area contributed by atoms with Gasteiger partial charge in [-0.25, -0.2) is 4.68 Å². The Kier molecular flexibility index (Phi) is 4.72. The molecule has 0 radical (unpaired) electrons. The number of rotatable bonds is 2. The number of halogens is 4. The van der Waals surface area contributed by atoms with Gasteiger partial charge in [-0.05, 0) is 32.2 Å². The van der Waals surface area contributed by atoms with Crippen molar-refractivity contribution in [2.75, 3.05) is 5.32 Å². The Bertz CT molecular complexity index is 811. The second-order valence-electron chi connectivity index (χ2n) is 7.17. The van der Waals surface area contributed by atoms with Crippen molar-refractivity contribution in [3.05, 3.63) is 33.1 Å². The number of carbonyl (C=O) groups excluding carboxylic acids is 1. The van der Waals surface area contributed by atoms with Crippen molar-refractivity contribution in [2.45, 2.75) is 51.0 Å². The van der Waals surface area contributed by atoms with Crippen LogP contribution in [0.5, 0.6) is 0 Å². The van der Waals surface area contributed by atoms with Crippen LogP contribution < -0.4 is 10.6 Å². The number of aromatic nitrogens is 2. The summed E-state index contributed by atoms with van der Waals surface area (Å²) in [5.41, 5.74) is -0.786. The summed E-state index contributed by atoms with van der Waals surface area (Å²) < 4.78 is 41.6. The number of carbonyl (C=O) groups is 1. The molecule has 0 saturated heterocycles. The van der Waals surface area contributed by atoms with Gasteiger partial charge in [0.15, 0.2) is 11.7 Å².